The van der Waals surface area contributed by atoms with Crippen molar-refractivity contribution in [1.29, 1.82) is 0 Å². The lowest BCUT2D eigenvalue weighted by Crippen LogP contribution is -2.16. The monoisotopic (exact) mass is 433 g/mol. The highest BCUT2D eigenvalue weighted by Crippen LogP contribution is 2.39. The Bertz CT molecular complexity index is 859. The molecular weight excluding hydrogens is 418 g/mol. The van der Waals surface area contributed by atoms with E-state index in [9.17, 15) is 8.42 Å². The molecule has 0 saturated heterocycles. The molecule has 130 valence electrons. The van der Waals surface area contributed by atoms with Crippen molar-refractivity contribution in [3.8, 4) is 16.9 Å². The third kappa shape index (κ3) is 4.31. The van der Waals surface area contributed by atoms with E-state index >= 15 is 0 Å². The van der Waals surface area contributed by atoms with Crippen molar-refractivity contribution in [3.05, 3.63) is 33.9 Å². The molecule has 0 amide bonds. The molecule has 1 aromatic carbocycles. The van der Waals surface area contributed by atoms with Crippen molar-refractivity contribution in [3.63, 3.8) is 0 Å². The van der Waals surface area contributed by atoms with Gasteiger partial charge in [-0.15, -0.1) is 0 Å². The number of rotatable bonds is 6. The van der Waals surface area contributed by atoms with Crippen molar-refractivity contribution >= 4 is 49.1 Å². The molecule has 6 nitrogen and oxygen atoms in total. The van der Waals surface area contributed by atoms with E-state index in [1.807, 2.05) is 0 Å². The number of benzene rings is 1. The molecule has 0 radical (unpaired) electrons. The van der Waals surface area contributed by atoms with Crippen LogP contribution in [-0.2, 0) is 10.0 Å². The molecule has 9 heteroatoms. The van der Waals surface area contributed by atoms with Gasteiger partial charge in [0, 0.05) is 16.2 Å². The Balaban J connectivity index is 2.59. The number of pyridine rings is 1. The molecule has 24 heavy (non-hydrogen) atoms. The molecule has 0 atom stereocenters. The second-order valence-corrected chi connectivity index (χ2v) is 8.21. The quantitative estimate of drug-likeness (QED) is 0.719. The lowest BCUT2D eigenvalue weighted by Gasteiger charge is -2.15. The zero-order valence-corrected chi connectivity index (χ0v) is 16.3. The fraction of sp³-hybridized carbons (Fsp3) is 0.267. The molecule has 3 N–H and O–H groups in total. The normalized spacial score (nSPS) is 11.3. The zero-order chi connectivity index (χ0) is 17.9. The lowest BCUT2D eigenvalue weighted by atomic mass is 10.1. The van der Waals surface area contributed by atoms with Crippen molar-refractivity contribution in [2.75, 3.05) is 23.3 Å². The van der Waals surface area contributed by atoms with Crippen LogP contribution in [0.5, 0.6) is 5.75 Å². The van der Waals surface area contributed by atoms with Gasteiger partial charge in [0.1, 0.15) is 5.82 Å². The first-order chi connectivity index (χ1) is 11.3. The number of hydrogen-bond donors (Lipinski definition) is 2. The topological polar surface area (TPSA) is 94.3 Å². The molecule has 0 aliphatic carbocycles. The number of halogens is 2. The number of nitrogens with one attached hydrogen (secondary N) is 1. The third-order valence-electron chi connectivity index (χ3n) is 3.18. The lowest BCUT2D eigenvalue weighted by molar-refractivity contribution is 0.417. The van der Waals surface area contributed by atoms with Gasteiger partial charge < -0.3 is 10.5 Å². The highest BCUT2D eigenvalue weighted by molar-refractivity contribution is 9.10. The summed E-state index contributed by atoms with van der Waals surface area (Å²) in [6.07, 6.45) is 2.07. The van der Waals surface area contributed by atoms with Crippen molar-refractivity contribution in [1.82, 2.24) is 4.98 Å². The predicted molar refractivity (Wildman–Crippen MR) is 101 cm³/mol. The van der Waals surface area contributed by atoms with Gasteiger partial charge in [0.2, 0.25) is 10.0 Å². The highest BCUT2D eigenvalue weighted by atomic mass is 79.9. The van der Waals surface area contributed by atoms with Crippen LogP contribution in [0, 0.1) is 0 Å². The van der Waals surface area contributed by atoms with Crippen LogP contribution < -0.4 is 15.2 Å². The Morgan fingerprint density at radius 2 is 2.08 bits per heavy atom. The summed E-state index contributed by atoms with van der Waals surface area (Å²) >= 11 is 9.59. The van der Waals surface area contributed by atoms with Gasteiger partial charge in [-0.1, -0.05) is 18.5 Å². The summed E-state index contributed by atoms with van der Waals surface area (Å²) in [5, 5.41) is 0.267. The summed E-state index contributed by atoms with van der Waals surface area (Å²) in [6, 6.07) is 5.06. The first kappa shape index (κ1) is 18.8. The molecule has 0 aliphatic rings. The Kier molecular flexibility index (Phi) is 5.95. The molecule has 1 aromatic heterocycles. The maximum absolute atomic E-state index is 12.1. The fourth-order valence-electron chi connectivity index (χ4n) is 2.20. The second-order valence-electron chi connectivity index (χ2n) is 5.05. The van der Waals surface area contributed by atoms with E-state index in [-0.39, 0.29) is 22.2 Å². The maximum Gasteiger partial charge on any atom is 0.232 e. The van der Waals surface area contributed by atoms with E-state index < -0.39 is 10.0 Å². The molecule has 0 saturated carbocycles. The summed E-state index contributed by atoms with van der Waals surface area (Å²) < 4.78 is 32.7. The van der Waals surface area contributed by atoms with E-state index in [1.54, 1.807) is 31.3 Å². The third-order valence-corrected chi connectivity index (χ3v) is 5.37. The van der Waals surface area contributed by atoms with Crippen molar-refractivity contribution in [2.45, 2.75) is 13.3 Å². The van der Waals surface area contributed by atoms with Gasteiger partial charge in [-0.05, 0) is 46.1 Å². The maximum atomic E-state index is 12.1. The minimum Gasteiger partial charge on any atom is -0.493 e. The average molecular weight is 435 g/mol. The number of nitrogens with two attached hydrogens (primary N) is 1. The molecule has 0 bridgehead atoms. The molecule has 0 unspecified atom stereocenters. The first-order valence-corrected chi connectivity index (χ1v) is 9.89. The van der Waals surface area contributed by atoms with Crippen LogP contribution in [-0.4, -0.2) is 26.3 Å². The smallest absolute Gasteiger partial charge is 0.232 e. The molecule has 0 fully saturated rings. The predicted octanol–water partition coefficient (Wildman–Crippen LogP) is 3.91. The van der Waals surface area contributed by atoms with E-state index in [0.717, 1.165) is 4.47 Å². The van der Waals surface area contributed by atoms with Gasteiger partial charge in [-0.25, -0.2) is 13.4 Å². The molecule has 0 aliphatic heterocycles. The Morgan fingerprint density at radius 3 is 2.71 bits per heavy atom. The van der Waals surface area contributed by atoms with E-state index in [1.165, 1.54) is 7.11 Å². The van der Waals surface area contributed by atoms with Gasteiger partial charge in [0.05, 0.1) is 23.6 Å². The number of nitrogens with zero attached hydrogens (tertiary/aromatic N) is 1. The van der Waals surface area contributed by atoms with E-state index in [0.29, 0.717) is 23.4 Å². The van der Waals surface area contributed by atoms with Crippen molar-refractivity contribution < 1.29 is 13.2 Å². The number of sulfonamides is 1. The first-order valence-electron chi connectivity index (χ1n) is 7.06. The molecule has 0 spiro atoms. The van der Waals surface area contributed by atoms with E-state index in [2.05, 4.69) is 25.6 Å². The van der Waals surface area contributed by atoms with Crippen LogP contribution in [0.4, 0.5) is 11.5 Å². The summed E-state index contributed by atoms with van der Waals surface area (Å²) in [5.41, 5.74) is 7.44. The zero-order valence-electron chi connectivity index (χ0n) is 13.1. The minimum absolute atomic E-state index is 0.00141. The number of ether oxygens (including phenoxy) is 1. The number of aromatic nitrogens is 1. The van der Waals surface area contributed by atoms with Gasteiger partial charge in [-0.3, -0.25) is 4.72 Å². The van der Waals surface area contributed by atoms with Gasteiger partial charge in [-0.2, -0.15) is 0 Å². The Morgan fingerprint density at radius 1 is 1.38 bits per heavy atom. The number of methoxy groups -OCH3 is 1. The van der Waals surface area contributed by atoms with Crippen LogP contribution >= 0.6 is 27.5 Å². The summed E-state index contributed by atoms with van der Waals surface area (Å²) in [4.78, 5) is 4.08. The standard InChI is InChI=1S/C15H17BrClN3O3S/c1-3-4-24(21,22)20-13-6-9(5-12(17)14(13)23-2)11-7-10(16)8-19-15(11)18/h5-8,20H,3-4H2,1-2H3,(H2,18,19). The van der Waals surface area contributed by atoms with Gasteiger partial charge in [0.15, 0.2) is 5.75 Å². The Labute approximate surface area is 154 Å². The largest absolute Gasteiger partial charge is 0.493 e. The van der Waals surface area contributed by atoms with E-state index in [4.69, 9.17) is 22.1 Å². The highest BCUT2D eigenvalue weighted by Gasteiger charge is 2.18. The summed E-state index contributed by atoms with van der Waals surface area (Å²) in [7, 11) is -2.07. The van der Waals surface area contributed by atoms with Gasteiger partial charge >= 0.3 is 0 Å². The molecule has 2 aromatic rings. The van der Waals surface area contributed by atoms with Crippen LogP contribution in [0.1, 0.15) is 13.3 Å². The minimum atomic E-state index is -3.50. The number of nitrogen functional groups attached to an aromatic ring is 1. The van der Waals surface area contributed by atoms with Crippen LogP contribution in [0.15, 0.2) is 28.9 Å². The number of anilines is 2. The summed E-state index contributed by atoms with van der Waals surface area (Å²) in [6.45, 7) is 1.79. The molecule has 1 heterocycles. The molecular formula is C15H17BrClN3O3S. The van der Waals surface area contributed by atoms with Gasteiger partial charge in [0.25, 0.3) is 0 Å². The average Bonchev–Trinajstić information content (AvgIpc) is 2.49. The Hall–Kier alpha value is -1.51. The van der Waals surface area contributed by atoms with Crippen LogP contribution in [0.3, 0.4) is 0 Å². The SMILES string of the molecule is CCCS(=O)(=O)Nc1cc(-c2cc(Br)cnc2N)cc(Cl)c1OC. The van der Waals surface area contributed by atoms with Crippen molar-refractivity contribution in [2.24, 2.45) is 0 Å². The van der Waals surface area contributed by atoms with Crippen LogP contribution in [0.2, 0.25) is 5.02 Å². The fourth-order valence-corrected chi connectivity index (χ4v) is 3.95. The number of hydrogen-bond acceptors (Lipinski definition) is 5. The molecule has 2 rings (SSSR count). The summed E-state index contributed by atoms with van der Waals surface area (Å²) in [5.74, 6) is 0.557. The van der Waals surface area contributed by atoms with Crippen LogP contribution in [0.25, 0.3) is 11.1 Å². The second kappa shape index (κ2) is 7.58.